The quantitative estimate of drug-likeness (QED) is 0.263. The molecule has 2 aromatic carbocycles. The first kappa shape index (κ1) is 26.7. The molecule has 4 aromatic rings. The third-order valence-corrected chi connectivity index (χ3v) is 6.30. The van der Waals surface area contributed by atoms with E-state index in [9.17, 15) is 10.1 Å². The topological polar surface area (TPSA) is 80.8 Å². The normalized spacial score (nSPS) is 11.0. The first-order valence-corrected chi connectivity index (χ1v) is 12.9. The summed E-state index contributed by atoms with van der Waals surface area (Å²) < 4.78 is 23.1. The van der Waals surface area contributed by atoms with E-state index in [0.29, 0.717) is 57.9 Å². The molecule has 0 aliphatic heterocycles. The highest BCUT2D eigenvalue weighted by Gasteiger charge is 2.19. The van der Waals surface area contributed by atoms with Crippen LogP contribution in [0.5, 0.6) is 5.88 Å². The molecule has 0 spiro atoms. The fraction of sp³-hybridized carbons (Fsp3) is 0.290. The number of nitrogens with zero attached hydrogens (tertiary/aromatic N) is 4. The maximum absolute atomic E-state index is 15.5. The van der Waals surface area contributed by atoms with E-state index in [1.165, 1.54) is 6.07 Å². The second-order valence-electron chi connectivity index (χ2n) is 9.36. The lowest BCUT2D eigenvalue weighted by molar-refractivity contribution is 0.232. The van der Waals surface area contributed by atoms with Crippen LogP contribution in [0, 0.1) is 17.1 Å². The molecular formula is C31H31FN4O2. The van der Waals surface area contributed by atoms with Crippen molar-refractivity contribution in [2.45, 2.75) is 59.6 Å². The van der Waals surface area contributed by atoms with E-state index < -0.39 is 0 Å². The number of rotatable bonds is 9. The van der Waals surface area contributed by atoms with Gasteiger partial charge in [-0.15, -0.1) is 0 Å². The monoisotopic (exact) mass is 510 g/mol. The Kier molecular flexibility index (Phi) is 8.32. The number of pyridine rings is 1. The van der Waals surface area contributed by atoms with Gasteiger partial charge in [0, 0.05) is 35.5 Å². The summed E-state index contributed by atoms with van der Waals surface area (Å²) in [4.78, 5) is 22.0. The Labute approximate surface area is 222 Å². The van der Waals surface area contributed by atoms with Gasteiger partial charge in [-0.05, 0) is 56.0 Å². The standard InChI is InChI=1S/C31H31FN4O2/c1-5-9-28-35-31(37)30(23-14-15-29(34-18-23)38-20(3)4)27(6-2)36(28)19-24-13-12-21(16-26(24)32)25-11-8-7-10-22(25)17-33/h7-8,10-16,18,20H,5-6,9,19H2,1-4H3. The summed E-state index contributed by atoms with van der Waals surface area (Å²) in [5, 5.41) is 9.44. The maximum atomic E-state index is 15.5. The van der Waals surface area contributed by atoms with Gasteiger partial charge in [-0.3, -0.25) is 4.79 Å². The number of nitriles is 1. The van der Waals surface area contributed by atoms with Gasteiger partial charge in [0.15, 0.2) is 0 Å². The van der Waals surface area contributed by atoms with E-state index in [-0.39, 0.29) is 24.0 Å². The third-order valence-electron chi connectivity index (χ3n) is 6.30. The van der Waals surface area contributed by atoms with Crippen LogP contribution in [0.2, 0.25) is 0 Å². The minimum Gasteiger partial charge on any atom is -0.475 e. The molecule has 6 nitrogen and oxygen atoms in total. The van der Waals surface area contributed by atoms with Crippen molar-refractivity contribution in [2.24, 2.45) is 0 Å². The van der Waals surface area contributed by atoms with Crippen molar-refractivity contribution < 1.29 is 9.13 Å². The predicted octanol–water partition coefficient (Wildman–Crippen LogP) is 6.33. The largest absolute Gasteiger partial charge is 0.475 e. The molecule has 7 heteroatoms. The van der Waals surface area contributed by atoms with Crippen molar-refractivity contribution in [1.82, 2.24) is 14.5 Å². The number of aryl methyl sites for hydroxylation is 1. The lowest BCUT2D eigenvalue weighted by Crippen LogP contribution is -2.25. The Morgan fingerprint density at radius 2 is 1.84 bits per heavy atom. The zero-order valence-corrected chi connectivity index (χ0v) is 22.2. The van der Waals surface area contributed by atoms with Crippen LogP contribution in [0.15, 0.2) is 65.6 Å². The predicted molar refractivity (Wildman–Crippen MR) is 147 cm³/mol. The van der Waals surface area contributed by atoms with E-state index in [0.717, 1.165) is 12.1 Å². The molecule has 0 aliphatic rings. The fourth-order valence-corrected chi connectivity index (χ4v) is 4.59. The number of benzene rings is 2. The lowest BCUT2D eigenvalue weighted by Gasteiger charge is -2.21. The van der Waals surface area contributed by atoms with E-state index in [4.69, 9.17) is 4.74 Å². The number of hydrogen-bond donors (Lipinski definition) is 0. The van der Waals surface area contributed by atoms with Gasteiger partial charge >= 0.3 is 0 Å². The molecule has 194 valence electrons. The van der Waals surface area contributed by atoms with Crippen molar-refractivity contribution >= 4 is 0 Å². The van der Waals surface area contributed by atoms with Gasteiger partial charge in [-0.1, -0.05) is 44.2 Å². The average Bonchev–Trinajstić information content (AvgIpc) is 2.91. The first-order chi connectivity index (χ1) is 18.4. The summed E-state index contributed by atoms with van der Waals surface area (Å²) in [6.07, 6.45) is 3.56. The fourth-order valence-electron chi connectivity index (χ4n) is 4.59. The third kappa shape index (κ3) is 5.65. The Hall–Kier alpha value is -4.31. The molecule has 2 heterocycles. The van der Waals surface area contributed by atoms with Gasteiger partial charge in [0.05, 0.1) is 29.8 Å². The van der Waals surface area contributed by atoms with E-state index >= 15 is 4.39 Å². The summed E-state index contributed by atoms with van der Waals surface area (Å²) >= 11 is 0. The molecule has 0 radical (unpaired) electrons. The molecule has 0 fully saturated rings. The lowest BCUT2D eigenvalue weighted by atomic mass is 9.98. The van der Waals surface area contributed by atoms with Gasteiger partial charge in [-0.2, -0.15) is 10.2 Å². The summed E-state index contributed by atoms with van der Waals surface area (Å²) in [7, 11) is 0. The van der Waals surface area contributed by atoms with Gasteiger partial charge < -0.3 is 9.30 Å². The Morgan fingerprint density at radius 1 is 1.08 bits per heavy atom. The van der Waals surface area contributed by atoms with E-state index in [1.54, 1.807) is 30.5 Å². The van der Waals surface area contributed by atoms with E-state index in [1.807, 2.05) is 56.5 Å². The zero-order valence-electron chi connectivity index (χ0n) is 22.2. The SMILES string of the molecule is CCCc1nc(=O)c(-c2ccc(OC(C)C)nc2)c(CC)n1Cc1ccc(-c2ccccc2C#N)cc1F. The first-order valence-electron chi connectivity index (χ1n) is 12.9. The average molecular weight is 511 g/mol. The maximum Gasteiger partial charge on any atom is 0.281 e. The van der Waals surface area contributed by atoms with Crippen molar-refractivity contribution in [3.63, 3.8) is 0 Å². The Morgan fingerprint density at radius 3 is 2.47 bits per heavy atom. The zero-order chi connectivity index (χ0) is 27.2. The Balaban J connectivity index is 1.78. The van der Waals surface area contributed by atoms with Crippen LogP contribution in [0.3, 0.4) is 0 Å². The van der Waals surface area contributed by atoms with Crippen LogP contribution < -0.4 is 10.3 Å². The number of halogens is 1. The van der Waals surface area contributed by atoms with Gasteiger partial charge in [0.1, 0.15) is 11.6 Å². The van der Waals surface area contributed by atoms with Crippen LogP contribution in [0.4, 0.5) is 4.39 Å². The summed E-state index contributed by atoms with van der Waals surface area (Å²) in [5.41, 5.74) is 3.88. The summed E-state index contributed by atoms with van der Waals surface area (Å²) in [6, 6.07) is 17.9. The number of hydrogen-bond acceptors (Lipinski definition) is 5. The van der Waals surface area contributed by atoms with Crippen LogP contribution in [0.1, 0.15) is 56.8 Å². The smallest absolute Gasteiger partial charge is 0.281 e. The molecule has 38 heavy (non-hydrogen) atoms. The van der Waals surface area contributed by atoms with Crippen LogP contribution in [-0.4, -0.2) is 20.6 Å². The highest BCUT2D eigenvalue weighted by molar-refractivity contribution is 5.70. The summed E-state index contributed by atoms with van der Waals surface area (Å²) in [5.74, 6) is 0.735. The van der Waals surface area contributed by atoms with Gasteiger partial charge in [0.2, 0.25) is 5.88 Å². The van der Waals surface area contributed by atoms with E-state index in [2.05, 4.69) is 16.0 Å². The van der Waals surface area contributed by atoms with Gasteiger partial charge in [0.25, 0.3) is 5.56 Å². The van der Waals surface area contributed by atoms with Crippen LogP contribution >= 0.6 is 0 Å². The molecule has 2 aromatic heterocycles. The molecule has 0 saturated heterocycles. The Bertz CT molecular complexity index is 1540. The van der Waals surface area contributed by atoms with Gasteiger partial charge in [-0.25, -0.2) is 9.37 Å². The second kappa shape index (κ2) is 11.8. The second-order valence-corrected chi connectivity index (χ2v) is 9.36. The van der Waals surface area contributed by atoms with Crippen molar-refractivity contribution in [3.8, 4) is 34.2 Å². The number of ether oxygens (including phenoxy) is 1. The molecule has 0 unspecified atom stereocenters. The van der Waals surface area contributed by atoms with Crippen LogP contribution in [-0.2, 0) is 19.4 Å². The summed E-state index contributed by atoms with van der Waals surface area (Å²) in [6.45, 7) is 8.08. The molecule has 0 aliphatic carbocycles. The molecule has 0 atom stereocenters. The van der Waals surface area contributed by atoms with Crippen molar-refractivity contribution in [2.75, 3.05) is 0 Å². The highest BCUT2D eigenvalue weighted by Crippen LogP contribution is 2.27. The molecule has 4 rings (SSSR count). The minimum absolute atomic E-state index is 0.0126. The molecular weight excluding hydrogens is 479 g/mol. The molecule has 0 bridgehead atoms. The van der Waals surface area contributed by atoms with Crippen molar-refractivity contribution in [3.05, 3.63) is 99.6 Å². The number of aromatic nitrogens is 3. The highest BCUT2D eigenvalue weighted by atomic mass is 19.1. The molecule has 0 N–H and O–H groups in total. The molecule has 0 saturated carbocycles. The van der Waals surface area contributed by atoms with Crippen molar-refractivity contribution in [1.29, 1.82) is 5.26 Å². The van der Waals surface area contributed by atoms with Crippen LogP contribution in [0.25, 0.3) is 22.3 Å². The minimum atomic E-state index is -0.378. The molecule has 0 amide bonds.